The molecule has 116 valence electrons. The highest BCUT2D eigenvalue weighted by molar-refractivity contribution is 6.30. The molecule has 3 rings (SSSR count). The third-order valence-electron chi connectivity index (χ3n) is 3.23. The molecule has 0 radical (unpaired) electrons. The van der Waals surface area contributed by atoms with E-state index in [0.29, 0.717) is 11.0 Å². The molecule has 6 heteroatoms. The quantitative estimate of drug-likeness (QED) is 0.583. The fourth-order valence-electron chi connectivity index (χ4n) is 2.27. The molecule has 2 heterocycles. The maximum Gasteiger partial charge on any atom is 0.243 e. The zero-order valence-electron chi connectivity index (χ0n) is 12.9. The number of hydrogen-bond donors (Lipinski definition) is 1. The van der Waals surface area contributed by atoms with Gasteiger partial charge in [-0.15, -0.1) is 0 Å². The standard InChI is InChI=1S/C17H16ClN5/c1-12-10-13(2)21-17(20-12)22-19-11-16-4-3-9-23(16)15-7-5-14(18)6-8-15/h3-11H,1-2H3,(H,20,21,22)/b19-11+. The molecule has 0 bridgehead atoms. The molecule has 3 aromatic rings. The van der Waals surface area contributed by atoms with E-state index in [0.717, 1.165) is 22.8 Å². The largest absolute Gasteiger partial charge is 0.316 e. The molecule has 0 amide bonds. The van der Waals surface area contributed by atoms with E-state index in [-0.39, 0.29) is 0 Å². The molecular formula is C17H16ClN5. The fraction of sp³-hybridized carbons (Fsp3) is 0.118. The molecule has 5 nitrogen and oxygen atoms in total. The summed E-state index contributed by atoms with van der Waals surface area (Å²) in [5, 5.41) is 4.94. The number of aryl methyl sites for hydroxylation is 2. The Balaban J connectivity index is 1.78. The van der Waals surface area contributed by atoms with E-state index in [9.17, 15) is 0 Å². The average molecular weight is 326 g/mol. The van der Waals surface area contributed by atoms with Gasteiger partial charge in [-0.2, -0.15) is 5.10 Å². The SMILES string of the molecule is Cc1cc(C)nc(N/N=C/c2cccn2-c2ccc(Cl)cc2)n1. The zero-order chi connectivity index (χ0) is 16.2. The van der Waals surface area contributed by atoms with Crippen LogP contribution < -0.4 is 5.43 Å². The highest BCUT2D eigenvalue weighted by Gasteiger charge is 2.02. The first-order valence-corrected chi connectivity index (χ1v) is 7.54. The zero-order valence-corrected chi connectivity index (χ0v) is 13.6. The van der Waals surface area contributed by atoms with Gasteiger partial charge in [0, 0.05) is 28.3 Å². The summed E-state index contributed by atoms with van der Waals surface area (Å²) in [6, 6.07) is 13.5. The van der Waals surface area contributed by atoms with Gasteiger partial charge in [0.25, 0.3) is 0 Å². The van der Waals surface area contributed by atoms with Crippen molar-refractivity contribution in [3.05, 3.63) is 70.8 Å². The Hall–Kier alpha value is -2.66. The number of nitrogens with zero attached hydrogens (tertiary/aromatic N) is 4. The molecule has 0 aliphatic carbocycles. The van der Waals surface area contributed by atoms with Gasteiger partial charge in [0.2, 0.25) is 5.95 Å². The molecule has 0 saturated carbocycles. The molecule has 0 spiro atoms. The van der Waals surface area contributed by atoms with Crippen molar-refractivity contribution in [2.24, 2.45) is 5.10 Å². The number of hydrazone groups is 1. The Bertz CT molecular complexity index is 816. The summed E-state index contributed by atoms with van der Waals surface area (Å²) in [6.45, 7) is 3.85. The summed E-state index contributed by atoms with van der Waals surface area (Å²) < 4.78 is 2.02. The molecule has 0 aliphatic rings. The molecule has 2 aromatic heterocycles. The fourth-order valence-corrected chi connectivity index (χ4v) is 2.39. The van der Waals surface area contributed by atoms with Crippen molar-refractivity contribution < 1.29 is 0 Å². The van der Waals surface area contributed by atoms with E-state index in [2.05, 4.69) is 20.5 Å². The van der Waals surface area contributed by atoms with Crippen molar-refractivity contribution in [1.82, 2.24) is 14.5 Å². The second-order valence-electron chi connectivity index (χ2n) is 5.12. The Morgan fingerprint density at radius 3 is 2.48 bits per heavy atom. The van der Waals surface area contributed by atoms with E-state index in [1.54, 1.807) is 6.21 Å². The van der Waals surface area contributed by atoms with Gasteiger partial charge in [-0.25, -0.2) is 15.4 Å². The average Bonchev–Trinajstić information content (AvgIpc) is 2.95. The summed E-state index contributed by atoms with van der Waals surface area (Å²) in [7, 11) is 0. The number of benzene rings is 1. The Morgan fingerprint density at radius 2 is 1.78 bits per heavy atom. The van der Waals surface area contributed by atoms with Crippen molar-refractivity contribution in [1.29, 1.82) is 0 Å². The smallest absolute Gasteiger partial charge is 0.243 e. The Morgan fingerprint density at radius 1 is 1.09 bits per heavy atom. The minimum atomic E-state index is 0.489. The molecule has 0 aliphatic heterocycles. The lowest BCUT2D eigenvalue weighted by Crippen LogP contribution is -2.02. The Kier molecular flexibility index (Phi) is 4.39. The molecule has 0 unspecified atom stereocenters. The van der Waals surface area contributed by atoms with Gasteiger partial charge in [0.05, 0.1) is 11.9 Å². The minimum absolute atomic E-state index is 0.489. The molecule has 1 N–H and O–H groups in total. The lowest BCUT2D eigenvalue weighted by Gasteiger charge is -2.06. The van der Waals surface area contributed by atoms with E-state index in [4.69, 9.17) is 11.6 Å². The van der Waals surface area contributed by atoms with Crippen molar-refractivity contribution in [2.45, 2.75) is 13.8 Å². The van der Waals surface area contributed by atoms with Crippen LogP contribution in [0.2, 0.25) is 5.02 Å². The van der Waals surface area contributed by atoms with E-state index >= 15 is 0 Å². The van der Waals surface area contributed by atoms with E-state index < -0.39 is 0 Å². The lowest BCUT2D eigenvalue weighted by atomic mass is 10.3. The first kappa shape index (κ1) is 15.2. The highest BCUT2D eigenvalue weighted by Crippen LogP contribution is 2.15. The van der Waals surface area contributed by atoms with Gasteiger partial charge in [-0.1, -0.05) is 11.6 Å². The number of aromatic nitrogens is 3. The van der Waals surface area contributed by atoms with Crippen LogP contribution in [-0.2, 0) is 0 Å². The van der Waals surface area contributed by atoms with Crippen molar-refractivity contribution in [3.8, 4) is 5.69 Å². The van der Waals surface area contributed by atoms with Gasteiger partial charge in [0.1, 0.15) is 0 Å². The summed E-state index contributed by atoms with van der Waals surface area (Å²) in [4.78, 5) is 8.57. The first-order valence-electron chi connectivity index (χ1n) is 7.16. The van der Waals surface area contributed by atoms with Crippen LogP contribution in [0.1, 0.15) is 17.1 Å². The number of rotatable bonds is 4. The van der Waals surface area contributed by atoms with Crippen molar-refractivity contribution in [2.75, 3.05) is 5.43 Å². The normalized spacial score (nSPS) is 11.1. The summed E-state index contributed by atoms with van der Waals surface area (Å²) in [6.07, 6.45) is 3.70. The topological polar surface area (TPSA) is 55.1 Å². The summed E-state index contributed by atoms with van der Waals surface area (Å²) >= 11 is 5.93. The maximum absolute atomic E-state index is 5.93. The predicted molar refractivity (Wildman–Crippen MR) is 93.5 cm³/mol. The van der Waals surface area contributed by atoms with Crippen molar-refractivity contribution >= 4 is 23.8 Å². The third kappa shape index (κ3) is 3.76. The number of hydrogen-bond acceptors (Lipinski definition) is 4. The molecular weight excluding hydrogens is 310 g/mol. The molecule has 0 fully saturated rings. The lowest BCUT2D eigenvalue weighted by molar-refractivity contribution is 1.03. The third-order valence-corrected chi connectivity index (χ3v) is 3.48. The predicted octanol–water partition coefficient (Wildman–Crippen LogP) is 3.98. The summed E-state index contributed by atoms with van der Waals surface area (Å²) in [5.74, 6) is 0.489. The molecule has 0 atom stereocenters. The van der Waals surface area contributed by atoms with Crippen LogP contribution >= 0.6 is 11.6 Å². The molecule has 0 saturated heterocycles. The van der Waals surface area contributed by atoms with Crippen molar-refractivity contribution in [3.63, 3.8) is 0 Å². The number of nitrogens with one attached hydrogen (secondary N) is 1. The van der Waals surface area contributed by atoms with Gasteiger partial charge in [-0.05, 0) is 56.3 Å². The molecule has 23 heavy (non-hydrogen) atoms. The first-order chi connectivity index (χ1) is 11.1. The monoisotopic (exact) mass is 325 g/mol. The van der Waals surface area contributed by atoms with Crippen LogP contribution in [0.15, 0.2) is 53.8 Å². The van der Waals surface area contributed by atoms with Gasteiger partial charge in [0.15, 0.2) is 0 Å². The van der Waals surface area contributed by atoms with E-state index in [1.807, 2.05) is 67.1 Å². The van der Waals surface area contributed by atoms with Crippen LogP contribution in [0.4, 0.5) is 5.95 Å². The van der Waals surface area contributed by atoms with E-state index in [1.165, 1.54) is 0 Å². The van der Waals surface area contributed by atoms with Gasteiger partial charge < -0.3 is 4.57 Å². The number of halogens is 1. The van der Waals surface area contributed by atoms with Crippen LogP contribution in [0, 0.1) is 13.8 Å². The van der Waals surface area contributed by atoms with Crippen LogP contribution in [0.25, 0.3) is 5.69 Å². The second-order valence-corrected chi connectivity index (χ2v) is 5.56. The van der Waals surface area contributed by atoms with Crippen LogP contribution in [0.3, 0.4) is 0 Å². The van der Waals surface area contributed by atoms with Crippen LogP contribution in [-0.4, -0.2) is 20.7 Å². The number of anilines is 1. The Labute approximate surface area is 139 Å². The second kappa shape index (κ2) is 6.62. The van der Waals surface area contributed by atoms with Gasteiger partial charge in [-0.3, -0.25) is 0 Å². The minimum Gasteiger partial charge on any atom is -0.316 e. The summed E-state index contributed by atoms with van der Waals surface area (Å²) in [5.41, 5.74) is 6.62. The van der Waals surface area contributed by atoms with Gasteiger partial charge >= 0.3 is 0 Å². The molecule has 1 aromatic carbocycles. The van der Waals surface area contributed by atoms with Crippen LogP contribution in [0.5, 0.6) is 0 Å². The highest BCUT2D eigenvalue weighted by atomic mass is 35.5. The maximum atomic E-state index is 5.93.